The van der Waals surface area contributed by atoms with Gasteiger partial charge in [0.2, 0.25) is 20.0 Å². The van der Waals surface area contributed by atoms with Crippen LogP contribution in [0.25, 0.3) is 0 Å². The lowest BCUT2D eigenvalue weighted by molar-refractivity contribution is 0.411. The molecule has 136 valence electrons. The molecule has 2 aromatic carbocycles. The molecular formula is C16H20N2O5S2. The van der Waals surface area contributed by atoms with Crippen molar-refractivity contribution >= 4 is 20.0 Å². The monoisotopic (exact) mass is 384 g/mol. The number of sulfonamides is 2. The first-order chi connectivity index (χ1) is 11.6. The van der Waals surface area contributed by atoms with E-state index in [0.29, 0.717) is 12.2 Å². The molecule has 25 heavy (non-hydrogen) atoms. The molecule has 0 heterocycles. The minimum atomic E-state index is -3.73. The normalized spacial score (nSPS) is 12.1. The van der Waals surface area contributed by atoms with Crippen LogP contribution >= 0.6 is 0 Å². The van der Waals surface area contributed by atoms with Gasteiger partial charge in [0.05, 0.1) is 16.9 Å². The first kappa shape index (κ1) is 19.4. The molecule has 2 rings (SSSR count). The fraction of sp³-hybridized carbons (Fsp3) is 0.250. The number of primary sulfonamides is 1. The minimum absolute atomic E-state index is 0.0190. The first-order valence-electron chi connectivity index (χ1n) is 7.39. The Balaban J connectivity index is 2.02. The second-order valence-corrected chi connectivity index (χ2v) is 8.80. The van der Waals surface area contributed by atoms with E-state index in [9.17, 15) is 16.8 Å². The zero-order valence-electron chi connectivity index (χ0n) is 13.9. The van der Waals surface area contributed by atoms with Gasteiger partial charge in [0.1, 0.15) is 5.75 Å². The Morgan fingerprint density at radius 1 is 1.00 bits per heavy atom. The van der Waals surface area contributed by atoms with Gasteiger partial charge in [-0.15, -0.1) is 0 Å². The molecule has 0 aromatic heterocycles. The maximum Gasteiger partial charge on any atom is 0.240 e. The summed E-state index contributed by atoms with van der Waals surface area (Å²) < 4.78 is 54.7. The summed E-state index contributed by atoms with van der Waals surface area (Å²) >= 11 is 0. The highest BCUT2D eigenvalue weighted by molar-refractivity contribution is 7.89. The predicted octanol–water partition coefficient (Wildman–Crippen LogP) is 1.17. The summed E-state index contributed by atoms with van der Waals surface area (Å²) in [7, 11) is -5.84. The molecule has 0 unspecified atom stereocenters. The number of ether oxygens (including phenoxy) is 1. The van der Waals surface area contributed by atoms with E-state index in [1.165, 1.54) is 25.3 Å². The number of aryl methyl sites for hydroxylation is 1. The van der Waals surface area contributed by atoms with Crippen LogP contribution in [0, 0.1) is 6.92 Å². The number of nitrogens with two attached hydrogens (primary N) is 1. The summed E-state index contributed by atoms with van der Waals surface area (Å²) in [4.78, 5) is 0.181. The maximum absolute atomic E-state index is 12.3. The van der Waals surface area contributed by atoms with Gasteiger partial charge in [0.15, 0.2) is 0 Å². The molecule has 0 aliphatic rings. The number of methoxy groups -OCH3 is 1. The number of hydrogen-bond donors (Lipinski definition) is 2. The van der Waals surface area contributed by atoms with Crippen LogP contribution in [0.3, 0.4) is 0 Å². The molecule has 0 amide bonds. The Kier molecular flexibility index (Phi) is 5.83. The smallest absolute Gasteiger partial charge is 0.240 e. The van der Waals surface area contributed by atoms with Crippen LogP contribution in [0.4, 0.5) is 0 Å². The van der Waals surface area contributed by atoms with Crippen molar-refractivity contribution in [1.82, 2.24) is 4.72 Å². The zero-order chi connectivity index (χ0) is 18.7. The second-order valence-electron chi connectivity index (χ2n) is 5.47. The summed E-state index contributed by atoms with van der Waals surface area (Å²) in [6.07, 6.45) is 0.416. The molecule has 0 aliphatic heterocycles. The quantitative estimate of drug-likeness (QED) is 0.743. The molecule has 0 atom stereocenters. The molecule has 0 saturated heterocycles. The van der Waals surface area contributed by atoms with Gasteiger partial charge >= 0.3 is 0 Å². The lowest BCUT2D eigenvalue weighted by Gasteiger charge is -2.10. The van der Waals surface area contributed by atoms with Crippen molar-refractivity contribution in [3.05, 3.63) is 53.6 Å². The Labute approximate surface area is 147 Å². The zero-order valence-corrected chi connectivity index (χ0v) is 15.5. The standard InChI is InChI=1S/C16H20N2O5S2/c1-12-11-15(7-8-16(12)23-2)25(21,22)18-10-9-13-3-5-14(6-4-13)24(17,19)20/h3-8,11,18H,9-10H2,1-2H3,(H2,17,19,20). The minimum Gasteiger partial charge on any atom is -0.496 e. The molecule has 0 spiro atoms. The van der Waals surface area contributed by atoms with E-state index in [1.54, 1.807) is 31.2 Å². The largest absolute Gasteiger partial charge is 0.496 e. The second kappa shape index (κ2) is 7.52. The Morgan fingerprint density at radius 3 is 2.12 bits per heavy atom. The summed E-state index contributed by atoms with van der Waals surface area (Å²) in [5.74, 6) is 0.619. The Hall–Kier alpha value is -1.94. The molecule has 0 bridgehead atoms. The molecule has 3 N–H and O–H groups in total. The van der Waals surface area contributed by atoms with Crippen molar-refractivity contribution in [2.24, 2.45) is 5.14 Å². The van der Waals surface area contributed by atoms with Crippen LogP contribution < -0.4 is 14.6 Å². The van der Waals surface area contributed by atoms with Gasteiger partial charge in [-0.2, -0.15) is 0 Å². The third-order valence-electron chi connectivity index (χ3n) is 3.63. The van der Waals surface area contributed by atoms with Gasteiger partial charge in [-0.3, -0.25) is 0 Å². The van der Waals surface area contributed by atoms with Gasteiger partial charge in [-0.05, 0) is 54.8 Å². The van der Waals surface area contributed by atoms with Crippen molar-refractivity contribution in [2.75, 3.05) is 13.7 Å². The number of hydrogen-bond acceptors (Lipinski definition) is 5. The highest BCUT2D eigenvalue weighted by atomic mass is 32.2. The highest BCUT2D eigenvalue weighted by Crippen LogP contribution is 2.21. The van der Waals surface area contributed by atoms with Crippen molar-refractivity contribution < 1.29 is 21.6 Å². The van der Waals surface area contributed by atoms with Gasteiger partial charge < -0.3 is 4.74 Å². The summed E-state index contributed by atoms with van der Waals surface area (Å²) in [5.41, 5.74) is 1.52. The first-order valence-corrected chi connectivity index (χ1v) is 10.4. The topological polar surface area (TPSA) is 116 Å². The van der Waals surface area contributed by atoms with E-state index < -0.39 is 20.0 Å². The van der Waals surface area contributed by atoms with Gasteiger partial charge in [0.25, 0.3) is 0 Å². The lowest BCUT2D eigenvalue weighted by Crippen LogP contribution is -2.26. The van der Waals surface area contributed by atoms with Crippen molar-refractivity contribution in [3.63, 3.8) is 0 Å². The highest BCUT2D eigenvalue weighted by Gasteiger charge is 2.15. The van der Waals surface area contributed by atoms with Gasteiger partial charge in [-0.25, -0.2) is 26.7 Å². The number of rotatable bonds is 7. The van der Waals surface area contributed by atoms with Crippen LogP contribution in [0.1, 0.15) is 11.1 Å². The fourth-order valence-electron chi connectivity index (χ4n) is 2.28. The van der Waals surface area contributed by atoms with Crippen LogP contribution in [-0.2, 0) is 26.5 Å². The predicted molar refractivity (Wildman–Crippen MR) is 94.4 cm³/mol. The average molecular weight is 384 g/mol. The Morgan fingerprint density at radius 2 is 1.60 bits per heavy atom. The van der Waals surface area contributed by atoms with E-state index in [2.05, 4.69) is 4.72 Å². The van der Waals surface area contributed by atoms with E-state index in [-0.39, 0.29) is 16.3 Å². The van der Waals surface area contributed by atoms with Crippen molar-refractivity contribution in [1.29, 1.82) is 0 Å². The van der Waals surface area contributed by atoms with Crippen LogP contribution in [0.5, 0.6) is 5.75 Å². The van der Waals surface area contributed by atoms with E-state index in [0.717, 1.165) is 11.1 Å². The van der Waals surface area contributed by atoms with E-state index >= 15 is 0 Å². The fourth-order valence-corrected chi connectivity index (χ4v) is 3.91. The van der Waals surface area contributed by atoms with Gasteiger partial charge in [-0.1, -0.05) is 12.1 Å². The SMILES string of the molecule is COc1ccc(S(=O)(=O)NCCc2ccc(S(N)(=O)=O)cc2)cc1C. The summed E-state index contributed by atoms with van der Waals surface area (Å²) in [6.45, 7) is 1.95. The van der Waals surface area contributed by atoms with Crippen LogP contribution in [0.15, 0.2) is 52.3 Å². The third-order valence-corrected chi connectivity index (χ3v) is 6.02. The van der Waals surface area contributed by atoms with Crippen LogP contribution in [-0.4, -0.2) is 30.5 Å². The number of nitrogens with one attached hydrogen (secondary N) is 1. The van der Waals surface area contributed by atoms with Crippen LogP contribution in [0.2, 0.25) is 0 Å². The Bertz CT molecular complexity index is 953. The average Bonchev–Trinajstić information content (AvgIpc) is 2.54. The molecular weight excluding hydrogens is 364 g/mol. The molecule has 0 aliphatic carbocycles. The van der Waals surface area contributed by atoms with Crippen molar-refractivity contribution in [2.45, 2.75) is 23.1 Å². The molecule has 2 aromatic rings. The lowest BCUT2D eigenvalue weighted by atomic mass is 10.2. The molecule has 0 saturated carbocycles. The summed E-state index contributed by atoms with van der Waals surface area (Å²) in [5, 5.41) is 5.03. The molecule has 0 fully saturated rings. The van der Waals surface area contributed by atoms with Crippen molar-refractivity contribution in [3.8, 4) is 5.75 Å². The molecule has 7 nitrogen and oxygen atoms in total. The molecule has 9 heteroatoms. The molecule has 0 radical (unpaired) electrons. The third kappa shape index (κ3) is 5.02. The van der Waals surface area contributed by atoms with E-state index in [1.807, 2.05) is 0 Å². The van der Waals surface area contributed by atoms with Gasteiger partial charge in [0, 0.05) is 6.54 Å². The maximum atomic E-state index is 12.3. The van der Waals surface area contributed by atoms with E-state index in [4.69, 9.17) is 9.88 Å². The summed E-state index contributed by atoms with van der Waals surface area (Å²) in [6, 6.07) is 10.6. The number of benzene rings is 2.